The molecule has 0 atom stereocenters. The lowest BCUT2D eigenvalue weighted by Gasteiger charge is -2.07. The van der Waals surface area contributed by atoms with Crippen LogP contribution in [-0.2, 0) is 11.3 Å². The van der Waals surface area contributed by atoms with Gasteiger partial charge in [0.25, 0.3) is 0 Å². The van der Waals surface area contributed by atoms with Gasteiger partial charge in [-0.1, -0.05) is 0 Å². The second-order valence-electron chi connectivity index (χ2n) is 3.99. The van der Waals surface area contributed by atoms with E-state index in [0.717, 1.165) is 15.9 Å². The molecule has 0 aliphatic heterocycles. The summed E-state index contributed by atoms with van der Waals surface area (Å²) >= 11 is 3.33. The Balaban J connectivity index is 2.06. The highest BCUT2D eigenvalue weighted by Gasteiger charge is 2.08. The lowest BCUT2D eigenvalue weighted by molar-refractivity contribution is -0.116. The van der Waals surface area contributed by atoms with Gasteiger partial charge < -0.3 is 5.32 Å². The van der Waals surface area contributed by atoms with Gasteiger partial charge in [-0.2, -0.15) is 5.10 Å². The Morgan fingerprint density at radius 1 is 1.50 bits per heavy atom. The summed E-state index contributed by atoms with van der Waals surface area (Å²) in [6.07, 6.45) is 3.27. The highest BCUT2D eigenvalue weighted by atomic mass is 79.9. The van der Waals surface area contributed by atoms with Crippen LogP contribution in [0, 0.1) is 13.8 Å². The normalized spacial score (nSPS) is 10.4. The highest BCUT2D eigenvalue weighted by Crippen LogP contribution is 2.19. The van der Waals surface area contributed by atoms with Gasteiger partial charge in [0.15, 0.2) is 0 Å². The first-order valence-corrected chi connectivity index (χ1v) is 6.26. The molecule has 1 N–H and O–H groups in total. The Hall–Kier alpha value is -1.69. The molecule has 0 fully saturated rings. The minimum absolute atomic E-state index is 0.117. The number of halogens is 1. The first kappa shape index (κ1) is 12.8. The zero-order chi connectivity index (χ0) is 13.1. The third-order valence-corrected chi connectivity index (χ3v) is 3.08. The van der Waals surface area contributed by atoms with E-state index in [1.54, 1.807) is 23.1 Å². The highest BCUT2D eigenvalue weighted by molar-refractivity contribution is 9.10. The van der Waals surface area contributed by atoms with Crippen molar-refractivity contribution in [1.29, 1.82) is 0 Å². The quantitative estimate of drug-likeness (QED) is 0.946. The van der Waals surface area contributed by atoms with Gasteiger partial charge in [-0.05, 0) is 41.9 Å². The van der Waals surface area contributed by atoms with Crippen molar-refractivity contribution in [3.05, 3.63) is 40.4 Å². The molecule has 2 aromatic heterocycles. The molecule has 0 saturated carbocycles. The van der Waals surface area contributed by atoms with Gasteiger partial charge >= 0.3 is 0 Å². The Bertz CT molecular complexity index is 579. The monoisotopic (exact) mass is 308 g/mol. The van der Waals surface area contributed by atoms with E-state index in [4.69, 9.17) is 0 Å². The first-order chi connectivity index (χ1) is 8.56. The number of pyridine rings is 1. The number of aromatic nitrogens is 3. The number of rotatable bonds is 3. The molecule has 0 unspecified atom stereocenters. The number of hydrogen-bond donors (Lipinski definition) is 1. The maximum Gasteiger partial charge on any atom is 0.246 e. The largest absolute Gasteiger partial charge is 0.323 e. The Kier molecular flexibility index (Phi) is 3.76. The van der Waals surface area contributed by atoms with E-state index in [1.807, 2.05) is 19.9 Å². The van der Waals surface area contributed by atoms with Crippen molar-refractivity contribution in [3.8, 4) is 0 Å². The van der Waals surface area contributed by atoms with Crippen molar-refractivity contribution < 1.29 is 4.79 Å². The van der Waals surface area contributed by atoms with Gasteiger partial charge in [0.1, 0.15) is 6.54 Å². The van der Waals surface area contributed by atoms with E-state index in [0.29, 0.717) is 5.69 Å². The third-order valence-electron chi connectivity index (χ3n) is 2.44. The third kappa shape index (κ3) is 2.95. The van der Waals surface area contributed by atoms with Crippen molar-refractivity contribution in [1.82, 2.24) is 14.8 Å². The van der Waals surface area contributed by atoms with Gasteiger partial charge in [-0.25, -0.2) is 0 Å². The van der Waals surface area contributed by atoms with Crippen LogP contribution >= 0.6 is 15.9 Å². The maximum absolute atomic E-state index is 11.9. The first-order valence-electron chi connectivity index (χ1n) is 5.46. The van der Waals surface area contributed by atoms with Gasteiger partial charge in [0.2, 0.25) is 5.91 Å². The number of nitrogens with one attached hydrogen (secondary N) is 1. The van der Waals surface area contributed by atoms with Crippen molar-refractivity contribution in [3.63, 3.8) is 0 Å². The number of carbonyl (C=O) groups excluding carboxylic acids is 1. The number of nitrogens with zero attached hydrogens (tertiary/aromatic N) is 3. The fraction of sp³-hybridized carbons (Fsp3) is 0.250. The molecule has 0 saturated heterocycles. The number of hydrogen-bond acceptors (Lipinski definition) is 3. The summed E-state index contributed by atoms with van der Waals surface area (Å²) in [6.45, 7) is 4.03. The Morgan fingerprint density at radius 2 is 2.28 bits per heavy atom. The van der Waals surface area contributed by atoms with E-state index in [-0.39, 0.29) is 12.5 Å². The second kappa shape index (κ2) is 5.30. The second-order valence-corrected chi connectivity index (χ2v) is 4.84. The van der Waals surface area contributed by atoms with Crippen LogP contribution in [0.3, 0.4) is 0 Å². The Labute approximate surface area is 113 Å². The average Bonchev–Trinajstić information content (AvgIpc) is 2.61. The molecule has 0 aliphatic carbocycles. The molecule has 2 aromatic rings. The fourth-order valence-corrected chi connectivity index (χ4v) is 1.99. The fourth-order valence-electron chi connectivity index (χ4n) is 1.64. The lowest BCUT2D eigenvalue weighted by atomic mass is 10.4. The average molecular weight is 309 g/mol. The standard InChI is InChI=1S/C12H13BrN4O/c1-8-5-9(2)17(16-8)7-12(18)15-11-3-4-14-6-10(11)13/h3-6H,7H2,1-2H3,(H,14,15,18). The Morgan fingerprint density at radius 3 is 2.89 bits per heavy atom. The summed E-state index contributed by atoms with van der Waals surface area (Å²) in [5.74, 6) is -0.117. The lowest BCUT2D eigenvalue weighted by Crippen LogP contribution is -2.20. The van der Waals surface area contributed by atoms with Gasteiger partial charge in [0, 0.05) is 18.1 Å². The van der Waals surface area contributed by atoms with Crippen LogP contribution in [0.15, 0.2) is 29.0 Å². The summed E-state index contributed by atoms with van der Waals surface area (Å²) in [7, 11) is 0. The molecule has 1 amide bonds. The summed E-state index contributed by atoms with van der Waals surface area (Å²) in [4.78, 5) is 15.8. The zero-order valence-electron chi connectivity index (χ0n) is 10.1. The van der Waals surface area contributed by atoms with Crippen molar-refractivity contribution in [2.75, 3.05) is 5.32 Å². The van der Waals surface area contributed by atoms with E-state index in [2.05, 4.69) is 31.3 Å². The number of carbonyl (C=O) groups is 1. The summed E-state index contributed by atoms with van der Waals surface area (Å²) < 4.78 is 2.44. The molecule has 18 heavy (non-hydrogen) atoms. The molecule has 0 bridgehead atoms. The van der Waals surface area contributed by atoms with E-state index < -0.39 is 0 Å². The predicted molar refractivity (Wildman–Crippen MR) is 72.3 cm³/mol. The van der Waals surface area contributed by atoms with Crippen molar-refractivity contribution in [2.45, 2.75) is 20.4 Å². The van der Waals surface area contributed by atoms with Crippen LogP contribution in [0.2, 0.25) is 0 Å². The van der Waals surface area contributed by atoms with E-state index in [9.17, 15) is 4.79 Å². The number of aryl methyl sites for hydroxylation is 2. The smallest absolute Gasteiger partial charge is 0.246 e. The predicted octanol–water partition coefficient (Wildman–Crippen LogP) is 2.30. The minimum Gasteiger partial charge on any atom is -0.323 e. The van der Waals surface area contributed by atoms with Crippen molar-refractivity contribution in [2.24, 2.45) is 0 Å². The van der Waals surface area contributed by atoms with E-state index >= 15 is 0 Å². The minimum atomic E-state index is -0.117. The number of amides is 1. The molecule has 0 spiro atoms. The van der Waals surface area contributed by atoms with Crippen LogP contribution < -0.4 is 5.32 Å². The molecule has 0 aliphatic rings. The number of anilines is 1. The van der Waals surface area contributed by atoms with Crippen LogP contribution in [0.25, 0.3) is 0 Å². The topological polar surface area (TPSA) is 59.8 Å². The van der Waals surface area contributed by atoms with Crippen LogP contribution in [0.5, 0.6) is 0 Å². The molecular formula is C12H13BrN4O. The van der Waals surface area contributed by atoms with Crippen molar-refractivity contribution >= 4 is 27.5 Å². The van der Waals surface area contributed by atoms with Gasteiger partial charge in [-0.15, -0.1) is 0 Å². The molecule has 2 rings (SSSR count). The van der Waals surface area contributed by atoms with Gasteiger partial charge in [-0.3, -0.25) is 14.5 Å². The SMILES string of the molecule is Cc1cc(C)n(CC(=O)Nc2ccncc2Br)n1. The summed E-state index contributed by atoms with van der Waals surface area (Å²) in [6, 6.07) is 3.68. The van der Waals surface area contributed by atoms with Gasteiger partial charge in [0.05, 0.1) is 15.9 Å². The summed E-state index contributed by atoms with van der Waals surface area (Å²) in [5, 5.41) is 7.05. The zero-order valence-corrected chi connectivity index (χ0v) is 11.7. The molecular weight excluding hydrogens is 296 g/mol. The maximum atomic E-state index is 11.9. The molecule has 0 radical (unpaired) electrons. The molecule has 94 valence electrons. The molecule has 2 heterocycles. The molecule has 0 aromatic carbocycles. The summed E-state index contributed by atoms with van der Waals surface area (Å²) in [5.41, 5.74) is 2.58. The van der Waals surface area contributed by atoms with Crippen LogP contribution in [0.1, 0.15) is 11.4 Å². The molecule has 6 heteroatoms. The van der Waals surface area contributed by atoms with E-state index in [1.165, 1.54) is 0 Å². The van der Waals surface area contributed by atoms with Crippen LogP contribution in [0.4, 0.5) is 5.69 Å². The van der Waals surface area contributed by atoms with Crippen LogP contribution in [-0.4, -0.2) is 20.7 Å². The molecule has 5 nitrogen and oxygen atoms in total.